The maximum Gasteiger partial charge on any atom is 0.236 e. The van der Waals surface area contributed by atoms with Gasteiger partial charge in [-0.2, -0.15) is 0 Å². The number of carbonyl (C=O) groups is 1. The van der Waals surface area contributed by atoms with Gasteiger partial charge >= 0.3 is 0 Å². The molecule has 0 saturated heterocycles. The molecule has 1 aromatic carbocycles. The Morgan fingerprint density at radius 3 is 2.71 bits per heavy atom. The van der Waals surface area contributed by atoms with E-state index in [1.807, 2.05) is 56.5 Å². The highest BCUT2D eigenvalue weighted by Crippen LogP contribution is 2.23. The molecule has 148 valence electrons. The first-order chi connectivity index (χ1) is 13.5. The summed E-state index contributed by atoms with van der Waals surface area (Å²) in [6.45, 7) is 8.98. The lowest BCUT2D eigenvalue weighted by Crippen LogP contribution is -2.14. The zero-order valence-corrected chi connectivity index (χ0v) is 18.0. The Morgan fingerprint density at radius 2 is 2.04 bits per heavy atom. The molecule has 0 unspecified atom stereocenters. The maximum absolute atomic E-state index is 12.2. The molecule has 28 heavy (non-hydrogen) atoms. The van der Waals surface area contributed by atoms with Crippen molar-refractivity contribution in [2.75, 3.05) is 11.1 Å². The van der Waals surface area contributed by atoms with Gasteiger partial charge in [-0.1, -0.05) is 30.0 Å². The molecule has 0 spiro atoms. The van der Waals surface area contributed by atoms with Gasteiger partial charge in [0.05, 0.1) is 11.4 Å². The van der Waals surface area contributed by atoms with Crippen molar-refractivity contribution in [1.29, 1.82) is 0 Å². The minimum absolute atomic E-state index is 0.109. The Balaban J connectivity index is 1.58. The Kier molecular flexibility index (Phi) is 6.69. The van der Waals surface area contributed by atoms with Gasteiger partial charge in [0.1, 0.15) is 12.4 Å². The smallest absolute Gasteiger partial charge is 0.236 e. The van der Waals surface area contributed by atoms with E-state index >= 15 is 0 Å². The van der Waals surface area contributed by atoms with E-state index in [1.54, 1.807) is 0 Å². The first kappa shape index (κ1) is 20.3. The van der Waals surface area contributed by atoms with Gasteiger partial charge in [-0.05, 0) is 39.3 Å². The molecule has 0 fully saturated rings. The van der Waals surface area contributed by atoms with Crippen molar-refractivity contribution in [3.05, 3.63) is 46.2 Å². The first-order valence-corrected chi connectivity index (χ1v) is 10.7. The molecule has 7 nitrogen and oxygen atoms in total. The summed E-state index contributed by atoms with van der Waals surface area (Å²) in [6.07, 6.45) is 0. The number of rotatable bonds is 8. The van der Waals surface area contributed by atoms with Crippen LogP contribution in [0.3, 0.4) is 0 Å². The number of nitrogens with one attached hydrogen (secondary N) is 1. The van der Waals surface area contributed by atoms with E-state index in [2.05, 4.69) is 20.5 Å². The van der Waals surface area contributed by atoms with E-state index in [0.717, 1.165) is 27.7 Å². The molecule has 1 N–H and O–H groups in total. The molecule has 0 aliphatic heterocycles. The van der Waals surface area contributed by atoms with E-state index in [9.17, 15) is 4.79 Å². The number of carbonyl (C=O) groups excluding carboxylic acids is 1. The fraction of sp³-hybridized carbons (Fsp3) is 0.368. The molecule has 0 aliphatic rings. The van der Waals surface area contributed by atoms with Crippen molar-refractivity contribution >= 4 is 34.1 Å². The molecule has 2 aromatic heterocycles. The number of aryl methyl sites for hydroxylation is 3. The zero-order chi connectivity index (χ0) is 20.1. The number of nitrogens with zero attached hydrogens (tertiary/aromatic N) is 4. The molecule has 1 amide bonds. The maximum atomic E-state index is 12.2. The molecule has 3 rings (SSSR count). The van der Waals surface area contributed by atoms with Crippen molar-refractivity contribution in [3.8, 4) is 5.75 Å². The van der Waals surface area contributed by atoms with Gasteiger partial charge < -0.3 is 14.6 Å². The number of anilines is 1. The van der Waals surface area contributed by atoms with Crippen molar-refractivity contribution in [1.82, 2.24) is 19.7 Å². The van der Waals surface area contributed by atoms with Gasteiger partial charge in [0.2, 0.25) is 5.91 Å². The Morgan fingerprint density at radius 1 is 1.25 bits per heavy atom. The second kappa shape index (κ2) is 9.20. The van der Waals surface area contributed by atoms with Gasteiger partial charge in [-0.3, -0.25) is 4.79 Å². The Bertz CT molecular complexity index is 948. The predicted octanol–water partition coefficient (Wildman–Crippen LogP) is 3.99. The third-order valence-corrected chi connectivity index (χ3v) is 6.12. The molecule has 3 aromatic rings. The molecule has 0 aliphatic carbocycles. The summed E-state index contributed by atoms with van der Waals surface area (Å²) in [6, 6.07) is 7.86. The van der Waals surface area contributed by atoms with E-state index in [-0.39, 0.29) is 11.7 Å². The van der Waals surface area contributed by atoms with Gasteiger partial charge in [0.15, 0.2) is 16.1 Å². The van der Waals surface area contributed by atoms with E-state index in [1.165, 1.54) is 23.1 Å². The average molecular weight is 418 g/mol. The molecule has 0 saturated carbocycles. The fourth-order valence-corrected chi connectivity index (χ4v) is 4.17. The highest BCUT2D eigenvalue weighted by molar-refractivity contribution is 7.99. The van der Waals surface area contributed by atoms with Gasteiger partial charge in [0.25, 0.3) is 0 Å². The summed E-state index contributed by atoms with van der Waals surface area (Å²) in [4.78, 5) is 17.6. The quantitative estimate of drug-likeness (QED) is 0.558. The molecule has 9 heteroatoms. The number of thioether (sulfide) groups is 1. The Hall–Kier alpha value is -2.39. The lowest BCUT2D eigenvalue weighted by Gasteiger charge is -2.10. The van der Waals surface area contributed by atoms with Gasteiger partial charge in [-0.25, -0.2) is 4.98 Å². The number of hydrogen-bond donors (Lipinski definition) is 1. The molecule has 2 heterocycles. The average Bonchev–Trinajstić information content (AvgIpc) is 3.21. The van der Waals surface area contributed by atoms with Crippen LogP contribution in [0.1, 0.15) is 28.9 Å². The van der Waals surface area contributed by atoms with Crippen LogP contribution in [0.15, 0.2) is 29.4 Å². The summed E-state index contributed by atoms with van der Waals surface area (Å²) < 4.78 is 7.84. The van der Waals surface area contributed by atoms with Crippen molar-refractivity contribution in [2.45, 2.75) is 46.0 Å². The number of amides is 1. The van der Waals surface area contributed by atoms with Crippen LogP contribution in [-0.4, -0.2) is 31.4 Å². The van der Waals surface area contributed by atoms with Crippen LogP contribution in [0.5, 0.6) is 5.75 Å². The van der Waals surface area contributed by atoms with Crippen LogP contribution in [-0.2, 0) is 17.9 Å². The second-order valence-electron chi connectivity index (χ2n) is 6.19. The minimum Gasteiger partial charge on any atom is -0.485 e. The highest BCUT2D eigenvalue weighted by Gasteiger charge is 2.15. The van der Waals surface area contributed by atoms with Crippen LogP contribution >= 0.6 is 23.1 Å². The van der Waals surface area contributed by atoms with Crippen LogP contribution in [0, 0.1) is 20.8 Å². The number of aromatic nitrogens is 4. The number of benzene rings is 1. The summed E-state index contributed by atoms with van der Waals surface area (Å²) in [5, 5.41) is 12.6. The van der Waals surface area contributed by atoms with E-state index in [0.29, 0.717) is 23.4 Å². The topological polar surface area (TPSA) is 81.9 Å². The molecule has 0 bridgehead atoms. The second-order valence-corrected chi connectivity index (χ2v) is 8.34. The molecule has 0 atom stereocenters. The summed E-state index contributed by atoms with van der Waals surface area (Å²) >= 11 is 2.83. The third-order valence-electron chi connectivity index (χ3n) is 4.17. The van der Waals surface area contributed by atoms with E-state index in [4.69, 9.17) is 4.74 Å². The zero-order valence-electron chi connectivity index (χ0n) is 16.4. The normalized spacial score (nSPS) is 10.9. The van der Waals surface area contributed by atoms with Crippen molar-refractivity contribution in [2.24, 2.45) is 0 Å². The van der Waals surface area contributed by atoms with Gasteiger partial charge in [-0.15, -0.1) is 21.5 Å². The molecular formula is C19H23N5O2S2. The van der Waals surface area contributed by atoms with Crippen LogP contribution in [0.25, 0.3) is 0 Å². The number of hydrogen-bond acceptors (Lipinski definition) is 7. The number of ether oxygens (including phenoxy) is 1. The standard InChI is InChI=1S/C19H23N5O2S2/c1-5-24-16(10-26-15-9-7-6-8-12(15)2)22-23-19(24)27-11-17(25)21-18-20-13(3)14(4)28-18/h6-9H,5,10-11H2,1-4H3,(H,20,21,25). The third kappa shape index (κ3) is 4.90. The first-order valence-electron chi connectivity index (χ1n) is 8.95. The molecule has 0 radical (unpaired) electrons. The van der Waals surface area contributed by atoms with Crippen LogP contribution in [0.4, 0.5) is 5.13 Å². The summed E-state index contributed by atoms with van der Waals surface area (Å²) in [7, 11) is 0. The highest BCUT2D eigenvalue weighted by atomic mass is 32.2. The summed E-state index contributed by atoms with van der Waals surface area (Å²) in [5.41, 5.74) is 2.01. The number of para-hydroxylation sites is 1. The Labute approximate surface area is 172 Å². The van der Waals surface area contributed by atoms with Gasteiger partial charge in [0, 0.05) is 11.4 Å². The monoisotopic (exact) mass is 417 g/mol. The minimum atomic E-state index is -0.109. The number of thiazole rings is 1. The molecular weight excluding hydrogens is 394 g/mol. The van der Waals surface area contributed by atoms with Crippen LogP contribution in [0.2, 0.25) is 0 Å². The van der Waals surface area contributed by atoms with Crippen molar-refractivity contribution < 1.29 is 9.53 Å². The SMILES string of the molecule is CCn1c(COc2ccccc2C)nnc1SCC(=O)Nc1nc(C)c(C)s1. The summed E-state index contributed by atoms with van der Waals surface area (Å²) in [5.74, 6) is 1.70. The lowest BCUT2D eigenvalue weighted by atomic mass is 10.2. The largest absolute Gasteiger partial charge is 0.485 e. The van der Waals surface area contributed by atoms with Crippen LogP contribution < -0.4 is 10.1 Å². The lowest BCUT2D eigenvalue weighted by molar-refractivity contribution is -0.113. The fourth-order valence-electron chi connectivity index (χ4n) is 2.52. The predicted molar refractivity (Wildman–Crippen MR) is 112 cm³/mol. The van der Waals surface area contributed by atoms with E-state index < -0.39 is 0 Å². The van der Waals surface area contributed by atoms with Crippen molar-refractivity contribution in [3.63, 3.8) is 0 Å².